The van der Waals surface area contributed by atoms with Gasteiger partial charge >= 0.3 is 0 Å². The molecule has 2 heterocycles. The van der Waals surface area contributed by atoms with Crippen molar-refractivity contribution < 1.29 is 9.47 Å². The molecule has 0 aliphatic carbocycles. The average Bonchev–Trinajstić information content (AvgIpc) is 2.45. The van der Waals surface area contributed by atoms with Gasteiger partial charge in [-0.1, -0.05) is 6.07 Å². The summed E-state index contributed by atoms with van der Waals surface area (Å²) in [6, 6.07) is 7.50. The minimum Gasteiger partial charge on any atom is -0.497 e. The number of nitrogens with two attached hydrogens (primary N) is 2. The molecule has 0 saturated carbocycles. The second kappa shape index (κ2) is 4.31. The molecule has 0 radical (unpaired) electrons. The molecule has 0 spiro atoms. The minimum atomic E-state index is 0.0788. The van der Waals surface area contributed by atoms with Crippen LogP contribution in [0.4, 0.5) is 11.5 Å². The maximum atomic E-state index is 9.06. The first-order valence-corrected chi connectivity index (χ1v) is 5.96. The molecule has 6 nitrogen and oxygen atoms in total. The smallest absolute Gasteiger partial charge is 0.226 e. The number of nitrogen functional groups attached to an aromatic ring is 2. The van der Waals surface area contributed by atoms with E-state index in [2.05, 4.69) is 4.98 Å². The Labute approximate surface area is 115 Å². The van der Waals surface area contributed by atoms with E-state index in [1.165, 1.54) is 0 Å². The highest BCUT2D eigenvalue weighted by atomic mass is 16.5. The fourth-order valence-corrected chi connectivity index (χ4v) is 2.21. The van der Waals surface area contributed by atoms with E-state index in [0.29, 0.717) is 35.1 Å². The molecule has 0 atom stereocenters. The first-order valence-electron chi connectivity index (χ1n) is 5.96. The van der Waals surface area contributed by atoms with Crippen LogP contribution in [0.15, 0.2) is 18.2 Å². The monoisotopic (exact) mass is 268 g/mol. The van der Waals surface area contributed by atoms with E-state index in [-0.39, 0.29) is 11.4 Å². The van der Waals surface area contributed by atoms with Crippen LogP contribution in [0.3, 0.4) is 0 Å². The zero-order valence-corrected chi connectivity index (χ0v) is 10.8. The van der Waals surface area contributed by atoms with Crippen molar-refractivity contribution in [3.8, 4) is 23.4 Å². The van der Waals surface area contributed by atoms with Crippen molar-refractivity contribution in [1.29, 1.82) is 5.26 Å². The Balaban J connectivity index is 2.13. The van der Waals surface area contributed by atoms with Crippen LogP contribution in [0.5, 0.6) is 17.4 Å². The average molecular weight is 268 g/mol. The third kappa shape index (κ3) is 1.68. The van der Waals surface area contributed by atoms with Crippen molar-refractivity contribution in [2.24, 2.45) is 0 Å². The molecule has 0 fully saturated rings. The van der Waals surface area contributed by atoms with E-state index >= 15 is 0 Å². The maximum Gasteiger partial charge on any atom is 0.226 e. The molecule has 3 rings (SSSR count). The first kappa shape index (κ1) is 12.1. The molecule has 1 aliphatic rings. The minimum absolute atomic E-state index is 0.0788. The summed E-state index contributed by atoms with van der Waals surface area (Å²) >= 11 is 0. The normalized spacial score (nSPS) is 11.8. The van der Waals surface area contributed by atoms with Gasteiger partial charge in [0, 0.05) is 18.1 Å². The van der Waals surface area contributed by atoms with Gasteiger partial charge in [-0.3, -0.25) is 0 Å². The van der Waals surface area contributed by atoms with Gasteiger partial charge in [0.05, 0.1) is 12.8 Å². The molecule has 100 valence electrons. The van der Waals surface area contributed by atoms with Gasteiger partial charge in [-0.2, -0.15) is 10.2 Å². The van der Waals surface area contributed by atoms with E-state index in [1.54, 1.807) is 13.2 Å². The Hall–Kier alpha value is -2.94. The van der Waals surface area contributed by atoms with Crippen LogP contribution in [-0.2, 0) is 6.42 Å². The highest BCUT2D eigenvalue weighted by Crippen LogP contribution is 2.41. The van der Waals surface area contributed by atoms with Gasteiger partial charge in [0.2, 0.25) is 5.88 Å². The number of benzene rings is 1. The Kier molecular flexibility index (Phi) is 2.61. The Morgan fingerprint density at radius 1 is 1.40 bits per heavy atom. The molecule has 6 heteroatoms. The van der Waals surface area contributed by atoms with Crippen LogP contribution >= 0.6 is 0 Å². The lowest BCUT2D eigenvalue weighted by molar-refractivity contribution is 0.403. The lowest BCUT2D eigenvalue weighted by atomic mass is 9.99. The summed E-state index contributed by atoms with van der Waals surface area (Å²) in [6.07, 6.45) is 0.544. The van der Waals surface area contributed by atoms with Gasteiger partial charge in [-0.05, 0) is 11.6 Å². The fraction of sp³-hybridized carbons (Fsp3) is 0.143. The molecule has 1 aromatic carbocycles. The predicted molar refractivity (Wildman–Crippen MR) is 73.7 cm³/mol. The number of nitrogens with zero attached hydrogens (tertiary/aromatic N) is 2. The molecule has 20 heavy (non-hydrogen) atoms. The number of rotatable bonds is 1. The summed E-state index contributed by atoms with van der Waals surface area (Å²) < 4.78 is 10.9. The quantitative estimate of drug-likeness (QED) is 0.697. The summed E-state index contributed by atoms with van der Waals surface area (Å²) in [4.78, 5) is 4.11. The molecule has 0 saturated heterocycles. The number of hydrogen-bond donors (Lipinski definition) is 2. The zero-order valence-electron chi connectivity index (χ0n) is 10.8. The van der Waals surface area contributed by atoms with Crippen molar-refractivity contribution in [1.82, 2.24) is 4.98 Å². The van der Waals surface area contributed by atoms with E-state index in [4.69, 9.17) is 26.2 Å². The number of hydrogen-bond acceptors (Lipinski definition) is 6. The van der Waals surface area contributed by atoms with Crippen molar-refractivity contribution in [2.75, 3.05) is 18.6 Å². The van der Waals surface area contributed by atoms with E-state index in [0.717, 1.165) is 5.56 Å². The van der Waals surface area contributed by atoms with Gasteiger partial charge in [-0.25, -0.2) is 0 Å². The molecule has 0 unspecified atom stereocenters. The van der Waals surface area contributed by atoms with Gasteiger partial charge in [0.25, 0.3) is 0 Å². The summed E-state index contributed by atoms with van der Waals surface area (Å²) in [5, 5.41) is 9.06. The summed E-state index contributed by atoms with van der Waals surface area (Å²) in [6.45, 7) is 0. The topological polar surface area (TPSA) is 107 Å². The Morgan fingerprint density at radius 2 is 2.20 bits per heavy atom. The number of nitriles is 1. The number of ether oxygens (including phenoxy) is 2. The second-order valence-electron chi connectivity index (χ2n) is 4.43. The summed E-state index contributed by atoms with van der Waals surface area (Å²) in [5.74, 6) is 1.78. The molecule has 0 bridgehead atoms. The maximum absolute atomic E-state index is 9.06. The van der Waals surface area contributed by atoms with Crippen molar-refractivity contribution in [3.63, 3.8) is 0 Å². The van der Waals surface area contributed by atoms with Crippen LogP contribution in [0.25, 0.3) is 0 Å². The fourth-order valence-electron chi connectivity index (χ4n) is 2.21. The number of fused-ring (bicyclic) bond motifs is 2. The van der Waals surface area contributed by atoms with E-state index in [1.807, 2.05) is 18.2 Å². The van der Waals surface area contributed by atoms with Gasteiger partial charge in [0.15, 0.2) is 0 Å². The SMILES string of the molecule is COc1ccc2c(c1)Oc1nc(N)c(C#N)c(N)c1C2. The standard InChI is InChI=1S/C14H12N4O2/c1-19-8-3-2-7-4-9-12(16)10(6-15)13(17)18-14(9)20-11(7)5-8/h2-3,5H,4H2,1H3,(H4,16,17,18). The summed E-state index contributed by atoms with van der Waals surface area (Å²) in [7, 11) is 1.59. The Morgan fingerprint density at radius 3 is 2.90 bits per heavy atom. The number of aromatic nitrogens is 1. The van der Waals surface area contributed by atoms with Crippen LogP contribution in [0, 0.1) is 11.3 Å². The molecule has 2 aromatic rings. The number of pyridine rings is 1. The molecular formula is C14H12N4O2. The van der Waals surface area contributed by atoms with Crippen LogP contribution in [0.1, 0.15) is 16.7 Å². The second-order valence-corrected chi connectivity index (χ2v) is 4.43. The molecule has 4 N–H and O–H groups in total. The third-order valence-corrected chi connectivity index (χ3v) is 3.29. The Bertz CT molecular complexity index is 750. The third-order valence-electron chi connectivity index (χ3n) is 3.29. The highest BCUT2D eigenvalue weighted by Gasteiger charge is 2.24. The molecule has 1 aliphatic heterocycles. The van der Waals surface area contributed by atoms with Gasteiger partial charge < -0.3 is 20.9 Å². The largest absolute Gasteiger partial charge is 0.497 e. The highest BCUT2D eigenvalue weighted by molar-refractivity contribution is 5.72. The van der Waals surface area contributed by atoms with Crippen LogP contribution in [0.2, 0.25) is 0 Å². The lowest BCUT2D eigenvalue weighted by Gasteiger charge is -2.22. The van der Waals surface area contributed by atoms with Crippen molar-refractivity contribution in [2.45, 2.75) is 6.42 Å². The van der Waals surface area contributed by atoms with E-state index in [9.17, 15) is 0 Å². The van der Waals surface area contributed by atoms with Crippen LogP contribution in [-0.4, -0.2) is 12.1 Å². The summed E-state index contributed by atoms with van der Waals surface area (Å²) in [5.41, 5.74) is 13.9. The number of methoxy groups -OCH3 is 1. The van der Waals surface area contributed by atoms with Gasteiger partial charge in [0.1, 0.15) is 28.9 Å². The first-order chi connectivity index (χ1) is 9.63. The molecule has 1 aromatic heterocycles. The van der Waals surface area contributed by atoms with Gasteiger partial charge in [-0.15, -0.1) is 0 Å². The van der Waals surface area contributed by atoms with Crippen molar-refractivity contribution in [3.05, 3.63) is 34.9 Å². The van der Waals surface area contributed by atoms with Crippen molar-refractivity contribution >= 4 is 11.5 Å². The predicted octanol–water partition coefficient (Wildman–Crippen LogP) is 1.82. The lowest BCUT2D eigenvalue weighted by Crippen LogP contribution is -2.11. The zero-order chi connectivity index (χ0) is 14.3. The molecular weight excluding hydrogens is 256 g/mol. The van der Waals surface area contributed by atoms with E-state index < -0.39 is 0 Å². The molecule has 0 amide bonds. The van der Waals surface area contributed by atoms with Crippen LogP contribution < -0.4 is 20.9 Å². The number of anilines is 2.